The molecule has 1 aromatic carbocycles. The first-order chi connectivity index (χ1) is 13.4. The Morgan fingerprint density at radius 1 is 1.32 bits per heavy atom. The molecule has 9 heteroatoms. The number of imide groups is 1. The molecule has 2 heterocycles. The SMILES string of the molecule is CC(C)C[C@@H](CO)NC(=O)C[C@@H]1NC(=O)N(Cc2ccc3c(c2)OCO3)C1=O. The molecule has 4 amide bonds. The van der Waals surface area contributed by atoms with E-state index in [1.807, 2.05) is 13.8 Å². The Balaban J connectivity index is 1.58. The fourth-order valence-electron chi connectivity index (χ4n) is 3.31. The number of rotatable bonds is 8. The molecule has 0 unspecified atom stereocenters. The van der Waals surface area contributed by atoms with E-state index in [0.29, 0.717) is 23.8 Å². The second kappa shape index (κ2) is 8.47. The van der Waals surface area contributed by atoms with Crippen molar-refractivity contribution < 1.29 is 29.0 Å². The highest BCUT2D eigenvalue weighted by molar-refractivity contribution is 6.05. The molecular formula is C19H25N3O6. The lowest BCUT2D eigenvalue weighted by atomic mass is 10.0. The van der Waals surface area contributed by atoms with Crippen molar-refractivity contribution in [3.05, 3.63) is 23.8 Å². The van der Waals surface area contributed by atoms with Crippen LogP contribution in [0.3, 0.4) is 0 Å². The highest BCUT2D eigenvalue weighted by atomic mass is 16.7. The average Bonchev–Trinajstić information content (AvgIpc) is 3.20. The van der Waals surface area contributed by atoms with Crippen molar-refractivity contribution in [2.24, 2.45) is 5.92 Å². The van der Waals surface area contributed by atoms with Crippen molar-refractivity contribution in [1.82, 2.24) is 15.5 Å². The molecule has 152 valence electrons. The van der Waals surface area contributed by atoms with Gasteiger partial charge in [0, 0.05) is 0 Å². The molecule has 2 atom stereocenters. The number of hydrogen-bond donors (Lipinski definition) is 3. The molecule has 0 spiro atoms. The number of benzene rings is 1. The van der Waals surface area contributed by atoms with Gasteiger partial charge in [0.2, 0.25) is 12.7 Å². The molecule has 0 bridgehead atoms. The van der Waals surface area contributed by atoms with Crippen molar-refractivity contribution >= 4 is 17.8 Å². The number of ether oxygens (including phenoxy) is 2. The van der Waals surface area contributed by atoms with Crippen LogP contribution in [0.4, 0.5) is 4.79 Å². The molecule has 1 aromatic rings. The molecular weight excluding hydrogens is 366 g/mol. The van der Waals surface area contributed by atoms with Crippen LogP contribution in [0.2, 0.25) is 0 Å². The van der Waals surface area contributed by atoms with Crippen LogP contribution in [0.15, 0.2) is 18.2 Å². The molecule has 28 heavy (non-hydrogen) atoms. The first kappa shape index (κ1) is 19.9. The lowest BCUT2D eigenvalue weighted by Gasteiger charge is -2.19. The third-order valence-corrected chi connectivity index (χ3v) is 4.62. The van der Waals surface area contributed by atoms with Crippen LogP contribution in [-0.4, -0.2) is 53.3 Å². The van der Waals surface area contributed by atoms with Crippen LogP contribution in [0.5, 0.6) is 11.5 Å². The number of hydrogen-bond acceptors (Lipinski definition) is 6. The Morgan fingerprint density at radius 3 is 2.79 bits per heavy atom. The normalized spacial score (nSPS) is 19.1. The number of carbonyl (C=O) groups excluding carboxylic acids is 3. The van der Waals surface area contributed by atoms with Gasteiger partial charge in [-0.3, -0.25) is 14.5 Å². The van der Waals surface area contributed by atoms with E-state index in [4.69, 9.17) is 9.47 Å². The van der Waals surface area contributed by atoms with E-state index in [9.17, 15) is 19.5 Å². The van der Waals surface area contributed by atoms with E-state index in [-0.39, 0.29) is 38.3 Å². The van der Waals surface area contributed by atoms with Gasteiger partial charge in [0.1, 0.15) is 6.04 Å². The Morgan fingerprint density at radius 2 is 2.07 bits per heavy atom. The second-order valence-electron chi connectivity index (χ2n) is 7.39. The number of urea groups is 1. The summed E-state index contributed by atoms with van der Waals surface area (Å²) in [5.74, 6) is 0.656. The van der Waals surface area contributed by atoms with Crippen LogP contribution >= 0.6 is 0 Å². The summed E-state index contributed by atoms with van der Waals surface area (Å²) < 4.78 is 10.6. The topological polar surface area (TPSA) is 117 Å². The summed E-state index contributed by atoms with van der Waals surface area (Å²) in [4.78, 5) is 38.1. The molecule has 0 saturated carbocycles. The Bertz CT molecular complexity index is 766. The van der Waals surface area contributed by atoms with E-state index >= 15 is 0 Å². The summed E-state index contributed by atoms with van der Waals surface area (Å²) in [6.07, 6.45) is 0.459. The molecule has 2 aliphatic rings. The Labute approximate surface area is 163 Å². The molecule has 9 nitrogen and oxygen atoms in total. The molecule has 2 aliphatic heterocycles. The predicted molar refractivity (Wildman–Crippen MR) is 98.5 cm³/mol. The molecule has 0 radical (unpaired) electrons. The maximum Gasteiger partial charge on any atom is 0.325 e. The van der Waals surface area contributed by atoms with E-state index in [1.165, 1.54) is 0 Å². The Kier molecular flexibility index (Phi) is 6.03. The maximum atomic E-state index is 12.6. The fraction of sp³-hybridized carbons (Fsp3) is 0.526. The standard InChI is InChI=1S/C19H25N3O6/c1-11(2)5-13(9-23)20-17(24)7-14-18(25)22(19(26)21-14)8-12-3-4-15-16(6-12)28-10-27-15/h3-4,6,11,13-14,23H,5,7-10H2,1-2H3,(H,20,24)(H,21,26)/t13-,14-/m0/s1. The van der Waals surface area contributed by atoms with Gasteiger partial charge in [-0.1, -0.05) is 19.9 Å². The quantitative estimate of drug-likeness (QED) is 0.563. The van der Waals surface area contributed by atoms with Gasteiger partial charge in [0.25, 0.3) is 5.91 Å². The monoisotopic (exact) mass is 391 g/mol. The summed E-state index contributed by atoms with van der Waals surface area (Å²) in [5, 5.41) is 14.6. The van der Waals surface area contributed by atoms with Crippen LogP contribution < -0.4 is 20.1 Å². The average molecular weight is 391 g/mol. The lowest BCUT2D eigenvalue weighted by molar-refractivity contribution is -0.131. The number of aliphatic hydroxyl groups excluding tert-OH is 1. The number of fused-ring (bicyclic) bond motifs is 1. The molecule has 0 aliphatic carbocycles. The van der Waals surface area contributed by atoms with Gasteiger partial charge in [-0.05, 0) is 30.0 Å². The van der Waals surface area contributed by atoms with Crippen molar-refractivity contribution in [1.29, 1.82) is 0 Å². The minimum absolute atomic E-state index is 0.0754. The van der Waals surface area contributed by atoms with Gasteiger partial charge in [-0.15, -0.1) is 0 Å². The van der Waals surface area contributed by atoms with Crippen molar-refractivity contribution in [3.8, 4) is 11.5 Å². The number of aliphatic hydroxyl groups is 1. The van der Waals surface area contributed by atoms with Crippen molar-refractivity contribution in [2.45, 2.75) is 45.3 Å². The van der Waals surface area contributed by atoms with E-state index in [0.717, 1.165) is 10.5 Å². The maximum absolute atomic E-state index is 12.6. The molecule has 0 aromatic heterocycles. The molecule has 1 saturated heterocycles. The van der Waals surface area contributed by atoms with Crippen LogP contribution in [-0.2, 0) is 16.1 Å². The molecule has 1 fully saturated rings. The highest BCUT2D eigenvalue weighted by Gasteiger charge is 2.39. The lowest BCUT2D eigenvalue weighted by Crippen LogP contribution is -2.42. The van der Waals surface area contributed by atoms with E-state index in [1.54, 1.807) is 18.2 Å². The van der Waals surface area contributed by atoms with E-state index < -0.39 is 18.0 Å². The third kappa shape index (κ3) is 4.53. The minimum atomic E-state index is -0.917. The zero-order valence-electron chi connectivity index (χ0n) is 15.9. The molecule has 3 N–H and O–H groups in total. The summed E-state index contributed by atoms with van der Waals surface area (Å²) in [7, 11) is 0. The zero-order chi connectivity index (χ0) is 20.3. The smallest absolute Gasteiger partial charge is 0.325 e. The van der Waals surface area contributed by atoms with Crippen molar-refractivity contribution in [2.75, 3.05) is 13.4 Å². The summed E-state index contributed by atoms with van der Waals surface area (Å²) in [6, 6.07) is 3.38. The number of amides is 4. The van der Waals surface area contributed by atoms with Crippen LogP contribution in [0, 0.1) is 5.92 Å². The predicted octanol–water partition coefficient (Wildman–Crippen LogP) is 0.749. The summed E-state index contributed by atoms with van der Waals surface area (Å²) in [5.41, 5.74) is 0.718. The van der Waals surface area contributed by atoms with Gasteiger partial charge < -0.3 is 25.2 Å². The number of carbonyl (C=O) groups is 3. The Hall–Kier alpha value is -2.81. The van der Waals surface area contributed by atoms with Crippen LogP contribution in [0.1, 0.15) is 32.3 Å². The van der Waals surface area contributed by atoms with Crippen LogP contribution in [0.25, 0.3) is 0 Å². The highest BCUT2D eigenvalue weighted by Crippen LogP contribution is 2.33. The minimum Gasteiger partial charge on any atom is -0.454 e. The van der Waals surface area contributed by atoms with Gasteiger partial charge in [-0.2, -0.15) is 0 Å². The van der Waals surface area contributed by atoms with Gasteiger partial charge in [-0.25, -0.2) is 4.79 Å². The summed E-state index contributed by atoms with van der Waals surface area (Å²) >= 11 is 0. The van der Waals surface area contributed by atoms with Gasteiger partial charge in [0.15, 0.2) is 11.5 Å². The largest absolute Gasteiger partial charge is 0.454 e. The van der Waals surface area contributed by atoms with Gasteiger partial charge >= 0.3 is 6.03 Å². The third-order valence-electron chi connectivity index (χ3n) is 4.62. The zero-order valence-corrected chi connectivity index (χ0v) is 15.9. The summed E-state index contributed by atoms with van der Waals surface area (Å²) in [6.45, 7) is 4.02. The number of nitrogens with zero attached hydrogens (tertiary/aromatic N) is 1. The fourth-order valence-corrected chi connectivity index (χ4v) is 3.31. The first-order valence-corrected chi connectivity index (χ1v) is 9.28. The second-order valence-corrected chi connectivity index (χ2v) is 7.39. The van der Waals surface area contributed by atoms with Crippen molar-refractivity contribution in [3.63, 3.8) is 0 Å². The van der Waals surface area contributed by atoms with Gasteiger partial charge in [0.05, 0.1) is 25.6 Å². The van der Waals surface area contributed by atoms with E-state index in [2.05, 4.69) is 10.6 Å². The first-order valence-electron chi connectivity index (χ1n) is 9.28. The molecule has 3 rings (SSSR count). The number of nitrogens with one attached hydrogen (secondary N) is 2.